The van der Waals surface area contributed by atoms with Crippen LogP contribution in [0.15, 0.2) is 121 Å². The molecule has 0 atom stereocenters. The number of carboxylic acids is 1. The first-order valence-electron chi connectivity index (χ1n) is 16.9. The highest BCUT2D eigenvalue weighted by molar-refractivity contribution is 5.89. The summed E-state index contributed by atoms with van der Waals surface area (Å²) in [4.78, 5) is 13.6. The van der Waals surface area contributed by atoms with Crippen molar-refractivity contribution >= 4 is 23.0 Å². The van der Waals surface area contributed by atoms with Crippen LogP contribution >= 0.6 is 0 Å². The molecule has 242 valence electrons. The van der Waals surface area contributed by atoms with Crippen LogP contribution in [0.4, 0.5) is 17.1 Å². The minimum atomic E-state index is -0.959. The Kier molecular flexibility index (Phi) is 6.87. The molecule has 0 saturated carbocycles. The molecule has 2 aliphatic rings. The van der Waals surface area contributed by atoms with Gasteiger partial charge in [0, 0.05) is 27.9 Å². The lowest BCUT2D eigenvalue weighted by Gasteiger charge is -2.30. The first-order valence-corrected chi connectivity index (χ1v) is 16.9. The number of carboxylic acid groups (broad SMARTS) is 1. The maximum atomic E-state index is 11.3. The van der Waals surface area contributed by atoms with Crippen molar-refractivity contribution in [1.82, 2.24) is 0 Å². The van der Waals surface area contributed by atoms with Gasteiger partial charge in [-0.25, -0.2) is 4.79 Å². The summed E-state index contributed by atoms with van der Waals surface area (Å²) in [6.45, 7) is 13.7. The van der Waals surface area contributed by atoms with Crippen molar-refractivity contribution in [2.45, 2.75) is 52.4 Å². The number of anilines is 3. The van der Waals surface area contributed by atoms with Gasteiger partial charge in [0.15, 0.2) is 0 Å². The van der Waals surface area contributed by atoms with Gasteiger partial charge in [0.1, 0.15) is 11.5 Å². The molecule has 0 aliphatic heterocycles. The van der Waals surface area contributed by atoms with E-state index in [9.17, 15) is 9.90 Å². The maximum Gasteiger partial charge on any atom is 0.335 e. The molecule has 0 amide bonds. The molecule has 6 aromatic carbocycles. The molecule has 49 heavy (non-hydrogen) atoms. The Morgan fingerprint density at radius 2 is 0.878 bits per heavy atom. The van der Waals surface area contributed by atoms with Crippen molar-refractivity contribution in [2.24, 2.45) is 0 Å². The fourth-order valence-corrected chi connectivity index (χ4v) is 7.87. The summed E-state index contributed by atoms with van der Waals surface area (Å²) < 4.78 is 6.11. The third-order valence-electron chi connectivity index (χ3n) is 10.6. The molecule has 0 unspecified atom stereocenters. The summed E-state index contributed by atoms with van der Waals surface area (Å²) in [5.74, 6) is 0.299. The topological polar surface area (TPSA) is 49.8 Å². The van der Waals surface area contributed by atoms with Gasteiger partial charge < -0.3 is 14.7 Å². The van der Waals surface area contributed by atoms with Crippen molar-refractivity contribution < 1.29 is 14.6 Å². The molecule has 0 spiro atoms. The number of carbonyl (C=O) groups is 1. The monoisotopic (exact) mass is 641 g/mol. The van der Waals surface area contributed by atoms with E-state index >= 15 is 0 Å². The van der Waals surface area contributed by atoms with Gasteiger partial charge in [-0.2, -0.15) is 0 Å². The molecule has 0 bridgehead atoms. The number of aromatic carboxylic acids is 1. The maximum absolute atomic E-state index is 11.3. The molecule has 1 N–H and O–H groups in total. The zero-order valence-corrected chi connectivity index (χ0v) is 28.8. The molecule has 0 radical (unpaired) electrons. The Morgan fingerprint density at radius 3 is 1.31 bits per heavy atom. The smallest absolute Gasteiger partial charge is 0.335 e. The van der Waals surface area contributed by atoms with Crippen LogP contribution in [0.2, 0.25) is 0 Å². The van der Waals surface area contributed by atoms with E-state index in [-0.39, 0.29) is 16.4 Å². The molecule has 6 aromatic rings. The van der Waals surface area contributed by atoms with E-state index in [1.165, 1.54) is 55.6 Å². The third kappa shape index (κ3) is 4.93. The molecular formula is C45H39NO3. The largest absolute Gasteiger partial charge is 0.478 e. The van der Waals surface area contributed by atoms with Crippen LogP contribution in [0.5, 0.6) is 11.5 Å². The number of benzene rings is 6. The second-order valence-corrected chi connectivity index (χ2v) is 14.6. The fourth-order valence-electron chi connectivity index (χ4n) is 7.87. The number of ether oxygens (including phenoxy) is 1. The highest BCUT2D eigenvalue weighted by Crippen LogP contribution is 2.53. The van der Waals surface area contributed by atoms with Crippen molar-refractivity contribution in [3.05, 3.63) is 160 Å². The summed E-state index contributed by atoms with van der Waals surface area (Å²) in [6, 6.07) is 42.0. The normalized spacial score (nSPS) is 14.4. The first kappa shape index (κ1) is 30.7. The molecule has 2 aliphatic carbocycles. The highest BCUT2D eigenvalue weighted by atomic mass is 16.5. The standard InChI is InChI=1S/C45H39NO3/c1-27-7-19-35-37-21-13-31(25-41(37)44(3,4)39(35)23-27)46(30-11-17-34(18-12-30)49-33-15-9-29(10-16-33)43(47)48)32-14-22-38-36-20-8-28(2)24-40(36)45(5,6)42(38)26-32/h7-26H,1-6H3,(H,47,48). The number of hydrogen-bond donors (Lipinski definition) is 1. The average Bonchev–Trinajstić information content (AvgIpc) is 3.44. The molecule has 4 heteroatoms. The Balaban J connectivity index is 1.23. The highest BCUT2D eigenvalue weighted by Gasteiger charge is 2.38. The van der Waals surface area contributed by atoms with E-state index in [2.05, 4.69) is 131 Å². The zero-order valence-electron chi connectivity index (χ0n) is 28.8. The third-order valence-corrected chi connectivity index (χ3v) is 10.6. The van der Waals surface area contributed by atoms with Crippen LogP contribution in [0, 0.1) is 13.8 Å². The van der Waals surface area contributed by atoms with E-state index in [1.54, 1.807) is 24.3 Å². The van der Waals surface area contributed by atoms with Crippen molar-refractivity contribution in [1.29, 1.82) is 0 Å². The first-order chi connectivity index (χ1) is 23.4. The number of aryl methyl sites for hydroxylation is 2. The summed E-state index contributed by atoms with van der Waals surface area (Å²) in [6.07, 6.45) is 0. The van der Waals surface area contributed by atoms with Crippen molar-refractivity contribution in [2.75, 3.05) is 4.90 Å². The van der Waals surface area contributed by atoms with E-state index in [0.717, 1.165) is 17.1 Å². The molecule has 4 nitrogen and oxygen atoms in total. The van der Waals surface area contributed by atoms with Crippen LogP contribution in [0.25, 0.3) is 22.3 Å². The second kappa shape index (κ2) is 11.0. The number of hydrogen-bond acceptors (Lipinski definition) is 3. The van der Waals surface area contributed by atoms with E-state index in [1.807, 2.05) is 12.1 Å². The lowest BCUT2D eigenvalue weighted by atomic mass is 9.81. The van der Waals surface area contributed by atoms with Crippen LogP contribution in [0.1, 0.15) is 71.4 Å². The minimum absolute atomic E-state index is 0.133. The lowest BCUT2D eigenvalue weighted by molar-refractivity contribution is 0.0697. The van der Waals surface area contributed by atoms with Crippen molar-refractivity contribution in [3.63, 3.8) is 0 Å². The van der Waals surface area contributed by atoms with Crippen LogP contribution in [-0.4, -0.2) is 11.1 Å². The quantitative estimate of drug-likeness (QED) is 0.197. The number of fused-ring (bicyclic) bond motifs is 6. The zero-order chi connectivity index (χ0) is 34.2. The molecular weight excluding hydrogens is 602 g/mol. The fraction of sp³-hybridized carbons (Fsp3) is 0.178. The van der Waals surface area contributed by atoms with E-state index in [0.29, 0.717) is 11.5 Å². The summed E-state index contributed by atoms with van der Waals surface area (Å²) in [5.41, 5.74) is 16.3. The lowest BCUT2D eigenvalue weighted by Crippen LogP contribution is -2.18. The molecule has 0 saturated heterocycles. The Hall–Kier alpha value is -5.61. The predicted octanol–water partition coefficient (Wildman–Crippen LogP) is 11.9. The van der Waals surface area contributed by atoms with Gasteiger partial charge in [-0.3, -0.25) is 0 Å². The van der Waals surface area contributed by atoms with E-state index < -0.39 is 5.97 Å². The summed E-state index contributed by atoms with van der Waals surface area (Å²) in [5, 5.41) is 9.26. The number of nitrogens with zero attached hydrogens (tertiary/aromatic N) is 1. The summed E-state index contributed by atoms with van der Waals surface area (Å²) in [7, 11) is 0. The van der Waals surface area contributed by atoms with Gasteiger partial charge in [0.2, 0.25) is 0 Å². The van der Waals surface area contributed by atoms with Gasteiger partial charge in [0.25, 0.3) is 0 Å². The second-order valence-electron chi connectivity index (χ2n) is 14.6. The molecule has 0 heterocycles. The molecule has 8 rings (SSSR count). The predicted molar refractivity (Wildman–Crippen MR) is 199 cm³/mol. The minimum Gasteiger partial charge on any atom is -0.478 e. The van der Waals surface area contributed by atoms with Gasteiger partial charge in [-0.05, 0) is 131 Å². The Morgan fingerprint density at radius 1 is 0.510 bits per heavy atom. The average molecular weight is 642 g/mol. The van der Waals surface area contributed by atoms with Gasteiger partial charge in [-0.1, -0.05) is 87.4 Å². The Labute approximate surface area is 288 Å². The summed E-state index contributed by atoms with van der Waals surface area (Å²) >= 11 is 0. The van der Waals surface area contributed by atoms with Crippen molar-refractivity contribution in [3.8, 4) is 33.8 Å². The Bertz CT molecular complexity index is 2180. The molecule has 0 fully saturated rings. The molecule has 0 aromatic heterocycles. The SMILES string of the molecule is Cc1ccc2c(c1)C(C)(C)c1cc(N(c3ccc(Oc4ccc(C(=O)O)cc4)cc3)c3ccc4c(c3)C(C)(C)c3cc(C)ccc3-4)ccc1-2. The van der Waals surface area contributed by atoms with Gasteiger partial charge >= 0.3 is 5.97 Å². The van der Waals surface area contributed by atoms with Crippen LogP contribution in [-0.2, 0) is 10.8 Å². The number of rotatable bonds is 6. The van der Waals surface area contributed by atoms with Crippen LogP contribution in [0.3, 0.4) is 0 Å². The van der Waals surface area contributed by atoms with Gasteiger partial charge in [-0.15, -0.1) is 0 Å². The van der Waals surface area contributed by atoms with Gasteiger partial charge in [0.05, 0.1) is 5.56 Å². The van der Waals surface area contributed by atoms with E-state index in [4.69, 9.17) is 4.74 Å². The van der Waals surface area contributed by atoms with Crippen LogP contribution < -0.4 is 9.64 Å².